The molecule has 1 aromatic heterocycles. The minimum absolute atomic E-state index is 0.342. The van der Waals surface area contributed by atoms with Crippen molar-refractivity contribution in [1.82, 2.24) is 14.8 Å². The maximum absolute atomic E-state index is 3.77. The van der Waals surface area contributed by atoms with Gasteiger partial charge in [-0.15, -0.1) is 0 Å². The molecule has 25 heavy (non-hydrogen) atoms. The molecule has 0 unspecified atom stereocenters. The van der Waals surface area contributed by atoms with E-state index in [9.17, 15) is 0 Å². The predicted octanol–water partition coefficient (Wildman–Crippen LogP) is 3.74. The van der Waals surface area contributed by atoms with Crippen molar-refractivity contribution in [2.24, 2.45) is 0 Å². The van der Waals surface area contributed by atoms with Crippen LogP contribution in [0.4, 0.5) is 0 Å². The number of hydrogen-bond donors (Lipinski definition) is 1. The Morgan fingerprint density at radius 2 is 1.92 bits per heavy atom. The second kappa shape index (κ2) is 5.72. The first-order chi connectivity index (χ1) is 12.2. The molecule has 2 aromatic carbocycles. The molecule has 0 bridgehead atoms. The van der Waals surface area contributed by atoms with Gasteiger partial charge in [-0.3, -0.25) is 4.90 Å². The summed E-state index contributed by atoms with van der Waals surface area (Å²) >= 11 is 0. The number of rotatable bonds is 1. The average molecular weight is 331 g/mol. The Balaban J connectivity index is 1.71. The number of aromatic nitrogens is 1. The summed E-state index contributed by atoms with van der Waals surface area (Å²) in [4.78, 5) is 8.98. The molecule has 3 aromatic rings. The molecule has 128 valence electrons. The van der Waals surface area contributed by atoms with Crippen molar-refractivity contribution < 1.29 is 0 Å². The van der Waals surface area contributed by atoms with Crippen LogP contribution in [0.3, 0.4) is 0 Å². The van der Waals surface area contributed by atoms with Gasteiger partial charge in [0.25, 0.3) is 0 Å². The number of H-pyrrole nitrogens is 1. The number of aromatic amines is 1. The zero-order valence-electron chi connectivity index (χ0n) is 15.0. The van der Waals surface area contributed by atoms with Crippen LogP contribution in [-0.2, 0) is 6.42 Å². The SMILES string of the molecule is Cc1cccc([C@H]2c3[nH]c4ccccc4c3C[C@@H]3CN(C)CCN32)c1. The van der Waals surface area contributed by atoms with Crippen molar-refractivity contribution in [3.8, 4) is 0 Å². The Bertz CT molecular complexity index is 926. The number of piperazine rings is 1. The second-order valence-electron chi connectivity index (χ2n) is 7.74. The predicted molar refractivity (Wildman–Crippen MR) is 103 cm³/mol. The number of benzene rings is 2. The molecule has 3 heteroatoms. The van der Waals surface area contributed by atoms with Crippen LogP contribution in [0.2, 0.25) is 0 Å². The molecule has 0 radical (unpaired) electrons. The topological polar surface area (TPSA) is 22.3 Å². The molecule has 2 aliphatic rings. The van der Waals surface area contributed by atoms with Crippen LogP contribution in [0.15, 0.2) is 48.5 Å². The highest BCUT2D eigenvalue weighted by atomic mass is 15.3. The van der Waals surface area contributed by atoms with Crippen molar-refractivity contribution >= 4 is 10.9 Å². The number of fused-ring (bicyclic) bond motifs is 4. The third-order valence-corrected chi connectivity index (χ3v) is 5.98. The van der Waals surface area contributed by atoms with Crippen LogP contribution in [0.25, 0.3) is 10.9 Å². The standard InChI is InChI=1S/C22H25N3/c1-15-6-5-7-16(12-15)22-21-19(18-8-3-4-9-20(18)23-21)13-17-14-24(2)10-11-25(17)22/h3-9,12,17,22-23H,10-11,13-14H2,1-2H3/t17-,22+/m1/s1. The number of likely N-dealkylation sites (N-methyl/N-ethyl adjacent to an activating group) is 1. The van der Waals surface area contributed by atoms with Gasteiger partial charge in [0.05, 0.1) is 6.04 Å². The largest absolute Gasteiger partial charge is 0.357 e. The Morgan fingerprint density at radius 1 is 1.04 bits per heavy atom. The van der Waals surface area contributed by atoms with E-state index < -0.39 is 0 Å². The lowest BCUT2D eigenvalue weighted by Gasteiger charge is -2.47. The summed E-state index contributed by atoms with van der Waals surface area (Å²) in [7, 11) is 2.25. The summed E-state index contributed by atoms with van der Waals surface area (Å²) in [6.45, 7) is 5.63. The van der Waals surface area contributed by atoms with Crippen molar-refractivity contribution in [3.05, 3.63) is 70.9 Å². The van der Waals surface area contributed by atoms with E-state index in [2.05, 4.69) is 77.3 Å². The molecule has 3 nitrogen and oxygen atoms in total. The van der Waals surface area contributed by atoms with E-state index in [0.29, 0.717) is 12.1 Å². The van der Waals surface area contributed by atoms with E-state index in [-0.39, 0.29) is 0 Å². The molecule has 3 heterocycles. The summed E-state index contributed by atoms with van der Waals surface area (Å²) in [6.07, 6.45) is 1.14. The van der Waals surface area contributed by atoms with E-state index >= 15 is 0 Å². The number of hydrogen-bond acceptors (Lipinski definition) is 2. The highest BCUT2D eigenvalue weighted by molar-refractivity contribution is 5.85. The van der Waals surface area contributed by atoms with Crippen LogP contribution in [0.1, 0.15) is 28.4 Å². The Kier molecular flexibility index (Phi) is 3.47. The van der Waals surface area contributed by atoms with Crippen molar-refractivity contribution in [2.45, 2.75) is 25.4 Å². The lowest BCUT2D eigenvalue weighted by molar-refractivity contribution is 0.0546. The van der Waals surface area contributed by atoms with Crippen LogP contribution in [-0.4, -0.2) is 47.5 Å². The lowest BCUT2D eigenvalue weighted by Crippen LogP contribution is -2.56. The van der Waals surface area contributed by atoms with Gasteiger partial charge in [0.2, 0.25) is 0 Å². The first-order valence-corrected chi connectivity index (χ1v) is 9.31. The number of para-hydroxylation sites is 1. The zero-order chi connectivity index (χ0) is 17.0. The zero-order valence-corrected chi connectivity index (χ0v) is 15.0. The van der Waals surface area contributed by atoms with Gasteiger partial charge in [0.15, 0.2) is 0 Å². The molecule has 1 fully saturated rings. The third kappa shape index (κ3) is 2.42. The lowest BCUT2D eigenvalue weighted by atomic mass is 9.86. The van der Waals surface area contributed by atoms with Gasteiger partial charge in [0.1, 0.15) is 0 Å². The fraction of sp³-hybridized carbons (Fsp3) is 0.364. The molecular formula is C22H25N3. The van der Waals surface area contributed by atoms with Gasteiger partial charge in [-0.2, -0.15) is 0 Å². The fourth-order valence-electron chi connectivity index (χ4n) is 4.82. The molecule has 0 saturated carbocycles. The molecule has 5 rings (SSSR count). The summed E-state index contributed by atoms with van der Waals surface area (Å²) in [5.74, 6) is 0. The van der Waals surface area contributed by atoms with Crippen LogP contribution < -0.4 is 0 Å². The van der Waals surface area contributed by atoms with Gasteiger partial charge in [-0.1, -0.05) is 48.0 Å². The minimum Gasteiger partial charge on any atom is -0.357 e. The molecule has 2 aliphatic heterocycles. The summed E-state index contributed by atoms with van der Waals surface area (Å²) in [6, 6.07) is 18.8. The second-order valence-corrected chi connectivity index (χ2v) is 7.74. The molecule has 0 aliphatic carbocycles. The first kappa shape index (κ1) is 15.2. The molecule has 1 saturated heterocycles. The number of nitrogens with one attached hydrogen (secondary N) is 1. The summed E-state index contributed by atoms with van der Waals surface area (Å²) in [5, 5.41) is 1.41. The van der Waals surface area contributed by atoms with Crippen molar-refractivity contribution in [1.29, 1.82) is 0 Å². The molecule has 1 N–H and O–H groups in total. The van der Waals surface area contributed by atoms with Gasteiger partial charge < -0.3 is 9.88 Å². The highest BCUT2D eigenvalue weighted by Crippen LogP contribution is 2.41. The number of nitrogens with zero attached hydrogens (tertiary/aromatic N) is 2. The van der Waals surface area contributed by atoms with E-state index in [1.54, 1.807) is 0 Å². The van der Waals surface area contributed by atoms with E-state index in [1.807, 2.05) is 0 Å². The van der Waals surface area contributed by atoms with Crippen LogP contribution in [0, 0.1) is 6.92 Å². The van der Waals surface area contributed by atoms with E-state index in [1.165, 1.54) is 33.3 Å². The molecule has 2 atom stereocenters. The Morgan fingerprint density at radius 3 is 2.80 bits per heavy atom. The van der Waals surface area contributed by atoms with Crippen molar-refractivity contribution in [2.75, 3.05) is 26.7 Å². The average Bonchev–Trinajstić information content (AvgIpc) is 2.97. The molecular weight excluding hydrogens is 306 g/mol. The van der Waals surface area contributed by atoms with E-state index in [0.717, 1.165) is 26.1 Å². The van der Waals surface area contributed by atoms with Gasteiger partial charge in [-0.25, -0.2) is 0 Å². The van der Waals surface area contributed by atoms with Gasteiger partial charge >= 0.3 is 0 Å². The van der Waals surface area contributed by atoms with Crippen LogP contribution in [0.5, 0.6) is 0 Å². The Labute approximate surface area is 149 Å². The monoisotopic (exact) mass is 331 g/mol. The third-order valence-electron chi connectivity index (χ3n) is 5.98. The highest BCUT2D eigenvalue weighted by Gasteiger charge is 2.39. The number of aryl methyl sites for hydroxylation is 1. The first-order valence-electron chi connectivity index (χ1n) is 9.31. The summed E-state index contributed by atoms with van der Waals surface area (Å²) < 4.78 is 0. The summed E-state index contributed by atoms with van der Waals surface area (Å²) in [5.41, 5.74) is 6.97. The fourth-order valence-corrected chi connectivity index (χ4v) is 4.82. The van der Waals surface area contributed by atoms with Gasteiger partial charge in [-0.05, 0) is 37.6 Å². The quantitative estimate of drug-likeness (QED) is 0.734. The van der Waals surface area contributed by atoms with Crippen molar-refractivity contribution in [3.63, 3.8) is 0 Å². The van der Waals surface area contributed by atoms with E-state index in [4.69, 9.17) is 0 Å². The smallest absolute Gasteiger partial charge is 0.0760 e. The van der Waals surface area contributed by atoms with Gasteiger partial charge in [0, 0.05) is 42.3 Å². The maximum Gasteiger partial charge on any atom is 0.0760 e. The van der Waals surface area contributed by atoms with Crippen LogP contribution >= 0.6 is 0 Å². The normalized spacial score (nSPS) is 24.2. The molecule has 0 amide bonds. The maximum atomic E-state index is 3.77. The molecule has 0 spiro atoms. The minimum atomic E-state index is 0.342. The Hall–Kier alpha value is -2.10.